The minimum Gasteiger partial charge on any atom is -0.478 e. The van der Waals surface area contributed by atoms with Gasteiger partial charge in [0.15, 0.2) is 0 Å². The second kappa shape index (κ2) is 8.69. The second-order valence-corrected chi connectivity index (χ2v) is 6.37. The molecule has 3 aromatic carbocycles. The molecule has 1 amide bonds. The van der Waals surface area contributed by atoms with Gasteiger partial charge in [0.25, 0.3) is 0 Å². The van der Waals surface area contributed by atoms with Gasteiger partial charge < -0.3 is 9.84 Å². The molecule has 8 heteroatoms. The molecule has 0 aromatic heterocycles. The van der Waals surface area contributed by atoms with Crippen molar-refractivity contribution in [3.8, 4) is 11.1 Å². The minimum atomic E-state index is -4.68. The van der Waals surface area contributed by atoms with Crippen LogP contribution in [0.2, 0.25) is 0 Å². The van der Waals surface area contributed by atoms with Crippen molar-refractivity contribution in [2.45, 2.75) is 12.8 Å². The number of rotatable bonds is 5. The van der Waals surface area contributed by atoms with Gasteiger partial charge >= 0.3 is 18.2 Å². The number of aromatic carboxylic acids is 1. The summed E-state index contributed by atoms with van der Waals surface area (Å²) in [4.78, 5) is 23.1. The number of carbonyl (C=O) groups excluding carboxylic acids is 1. The SMILES string of the molecule is O=C(Nc1ccc(-c2cc(C(=O)O)cc(C(F)(F)F)c2)cc1)OCc1ccccc1. The number of halogens is 3. The monoisotopic (exact) mass is 415 g/mol. The van der Waals surface area contributed by atoms with Crippen molar-refractivity contribution in [2.75, 3.05) is 5.32 Å². The third-order valence-corrected chi connectivity index (χ3v) is 4.18. The Morgan fingerprint density at radius 2 is 1.57 bits per heavy atom. The number of carbonyl (C=O) groups is 2. The van der Waals surface area contributed by atoms with Crippen LogP contribution in [0, 0.1) is 0 Å². The summed E-state index contributed by atoms with van der Waals surface area (Å²) in [5, 5.41) is 11.6. The molecule has 0 bridgehead atoms. The normalized spacial score (nSPS) is 11.0. The van der Waals surface area contributed by atoms with Crippen LogP contribution in [0.3, 0.4) is 0 Å². The Balaban J connectivity index is 1.73. The lowest BCUT2D eigenvalue weighted by atomic mass is 9.99. The van der Waals surface area contributed by atoms with Crippen molar-refractivity contribution < 1.29 is 32.6 Å². The van der Waals surface area contributed by atoms with Gasteiger partial charge in [0, 0.05) is 5.69 Å². The highest BCUT2D eigenvalue weighted by Gasteiger charge is 2.32. The summed E-state index contributed by atoms with van der Waals surface area (Å²) in [5.41, 5.74) is 0.145. The number of carboxylic acid groups (broad SMARTS) is 1. The van der Waals surface area contributed by atoms with Gasteiger partial charge in [-0.1, -0.05) is 42.5 Å². The van der Waals surface area contributed by atoms with E-state index >= 15 is 0 Å². The van der Waals surface area contributed by atoms with Crippen LogP contribution in [0.5, 0.6) is 0 Å². The van der Waals surface area contributed by atoms with Crippen molar-refractivity contribution in [3.63, 3.8) is 0 Å². The molecular weight excluding hydrogens is 399 g/mol. The molecule has 0 radical (unpaired) electrons. The molecule has 3 rings (SSSR count). The van der Waals surface area contributed by atoms with E-state index in [-0.39, 0.29) is 12.2 Å². The van der Waals surface area contributed by atoms with E-state index in [9.17, 15) is 22.8 Å². The second-order valence-electron chi connectivity index (χ2n) is 6.37. The molecule has 0 saturated heterocycles. The van der Waals surface area contributed by atoms with Crippen LogP contribution >= 0.6 is 0 Å². The van der Waals surface area contributed by atoms with Crippen molar-refractivity contribution in [1.29, 1.82) is 0 Å². The predicted molar refractivity (Wildman–Crippen MR) is 104 cm³/mol. The molecule has 2 N–H and O–H groups in total. The Morgan fingerprint density at radius 3 is 2.17 bits per heavy atom. The highest BCUT2D eigenvalue weighted by atomic mass is 19.4. The molecule has 0 atom stereocenters. The number of benzene rings is 3. The summed E-state index contributed by atoms with van der Waals surface area (Å²) in [5.74, 6) is -1.46. The fourth-order valence-electron chi connectivity index (χ4n) is 2.70. The van der Waals surface area contributed by atoms with Gasteiger partial charge in [-0.25, -0.2) is 9.59 Å². The summed E-state index contributed by atoms with van der Waals surface area (Å²) >= 11 is 0. The Morgan fingerprint density at radius 1 is 0.900 bits per heavy atom. The van der Waals surface area contributed by atoms with E-state index in [0.717, 1.165) is 17.7 Å². The number of anilines is 1. The van der Waals surface area contributed by atoms with E-state index in [1.165, 1.54) is 24.3 Å². The molecule has 0 aliphatic carbocycles. The number of hydrogen-bond acceptors (Lipinski definition) is 3. The van der Waals surface area contributed by atoms with Gasteiger partial charge in [-0.3, -0.25) is 5.32 Å². The summed E-state index contributed by atoms with van der Waals surface area (Å²) in [6.07, 6.45) is -5.36. The van der Waals surface area contributed by atoms with E-state index in [1.807, 2.05) is 30.3 Å². The molecule has 3 aromatic rings. The van der Waals surface area contributed by atoms with Crippen molar-refractivity contribution in [2.24, 2.45) is 0 Å². The summed E-state index contributed by atoms with van der Waals surface area (Å²) in [6.45, 7) is 0.0902. The Kier molecular flexibility index (Phi) is 6.06. The van der Waals surface area contributed by atoms with Crippen molar-refractivity contribution >= 4 is 17.7 Å². The topological polar surface area (TPSA) is 75.6 Å². The maximum Gasteiger partial charge on any atom is 0.416 e. The van der Waals surface area contributed by atoms with Crippen LogP contribution in [0.1, 0.15) is 21.5 Å². The van der Waals surface area contributed by atoms with Crippen molar-refractivity contribution in [3.05, 3.63) is 89.5 Å². The molecule has 30 heavy (non-hydrogen) atoms. The highest BCUT2D eigenvalue weighted by molar-refractivity contribution is 5.90. The average Bonchev–Trinajstić information content (AvgIpc) is 2.72. The summed E-state index contributed by atoms with van der Waals surface area (Å²) < 4.78 is 44.3. The molecular formula is C22H16F3NO4. The maximum atomic E-state index is 13.1. The first-order valence-electron chi connectivity index (χ1n) is 8.76. The fraction of sp³-hybridized carbons (Fsp3) is 0.0909. The number of hydrogen-bond donors (Lipinski definition) is 2. The van der Waals surface area contributed by atoms with E-state index in [4.69, 9.17) is 9.84 Å². The summed E-state index contributed by atoms with van der Waals surface area (Å²) in [7, 11) is 0. The zero-order valence-corrected chi connectivity index (χ0v) is 15.4. The molecule has 5 nitrogen and oxygen atoms in total. The smallest absolute Gasteiger partial charge is 0.416 e. The maximum absolute atomic E-state index is 13.1. The zero-order valence-electron chi connectivity index (χ0n) is 15.4. The third kappa shape index (κ3) is 5.38. The quantitative estimate of drug-likeness (QED) is 0.551. The molecule has 154 valence electrons. The number of amides is 1. The van der Waals surface area contributed by atoms with Crippen LogP contribution in [-0.4, -0.2) is 17.2 Å². The van der Waals surface area contributed by atoms with Gasteiger partial charge in [0.05, 0.1) is 11.1 Å². The Hall–Kier alpha value is -3.81. The Labute approximate surface area is 169 Å². The zero-order chi connectivity index (χ0) is 21.7. The van der Waals surface area contributed by atoms with Gasteiger partial charge in [-0.2, -0.15) is 13.2 Å². The first-order valence-corrected chi connectivity index (χ1v) is 8.76. The number of ether oxygens (including phenoxy) is 1. The molecule has 0 fully saturated rings. The van der Waals surface area contributed by atoms with Gasteiger partial charge in [0.2, 0.25) is 0 Å². The van der Waals surface area contributed by atoms with Gasteiger partial charge in [-0.05, 0) is 47.0 Å². The first kappa shape index (κ1) is 20.9. The fourth-order valence-corrected chi connectivity index (χ4v) is 2.70. The molecule has 0 aliphatic rings. The standard InChI is InChI=1S/C22H16F3NO4/c23-22(24,25)18-11-16(10-17(12-18)20(27)28)15-6-8-19(9-7-15)26-21(29)30-13-14-4-2-1-3-5-14/h1-12H,13H2,(H,26,29)(H,27,28). The van der Waals surface area contributed by atoms with Crippen LogP contribution < -0.4 is 5.32 Å². The molecule has 0 unspecified atom stereocenters. The summed E-state index contributed by atoms with van der Waals surface area (Å²) in [6, 6.07) is 17.7. The first-order chi connectivity index (χ1) is 14.2. The van der Waals surface area contributed by atoms with Crippen LogP contribution in [0.4, 0.5) is 23.7 Å². The number of nitrogens with one attached hydrogen (secondary N) is 1. The van der Waals surface area contributed by atoms with E-state index in [0.29, 0.717) is 17.3 Å². The molecule has 0 heterocycles. The lowest BCUT2D eigenvalue weighted by molar-refractivity contribution is -0.137. The third-order valence-electron chi connectivity index (χ3n) is 4.18. The lowest BCUT2D eigenvalue weighted by Gasteiger charge is -2.12. The molecule has 0 spiro atoms. The van der Waals surface area contributed by atoms with Gasteiger partial charge in [0.1, 0.15) is 6.61 Å². The van der Waals surface area contributed by atoms with E-state index in [2.05, 4.69) is 5.32 Å². The highest BCUT2D eigenvalue weighted by Crippen LogP contribution is 2.33. The van der Waals surface area contributed by atoms with Crippen LogP contribution in [0.15, 0.2) is 72.8 Å². The minimum absolute atomic E-state index is 0.0902. The average molecular weight is 415 g/mol. The Bertz CT molecular complexity index is 1050. The lowest BCUT2D eigenvalue weighted by Crippen LogP contribution is -2.13. The largest absolute Gasteiger partial charge is 0.478 e. The molecule has 0 aliphatic heterocycles. The van der Waals surface area contributed by atoms with E-state index in [1.54, 1.807) is 0 Å². The number of carboxylic acids is 1. The van der Waals surface area contributed by atoms with Crippen LogP contribution in [0.25, 0.3) is 11.1 Å². The number of alkyl halides is 3. The van der Waals surface area contributed by atoms with E-state index < -0.39 is 29.4 Å². The van der Waals surface area contributed by atoms with Gasteiger partial charge in [-0.15, -0.1) is 0 Å². The predicted octanol–water partition coefficient (Wildman–Crippen LogP) is 5.82. The molecule has 0 saturated carbocycles. The van der Waals surface area contributed by atoms with Crippen LogP contribution in [-0.2, 0) is 17.5 Å². The van der Waals surface area contributed by atoms with Crippen molar-refractivity contribution in [1.82, 2.24) is 0 Å².